The average Bonchev–Trinajstić information content (AvgIpc) is 3.10. The molecule has 6 nitrogen and oxygen atoms in total. The Balaban J connectivity index is 1.86. The number of aromatic nitrogens is 3. The Kier molecular flexibility index (Phi) is 5.46. The fraction of sp³-hybridized carbons (Fsp3) is 0.240. The summed E-state index contributed by atoms with van der Waals surface area (Å²) in [5.41, 5.74) is 3.60. The van der Waals surface area contributed by atoms with Crippen molar-refractivity contribution in [3.05, 3.63) is 66.9 Å². The maximum absolute atomic E-state index is 12.7. The zero-order chi connectivity index (χ0) is 22.0. The van der Waals surface area contributed by atoms with Crippen LogP contribution < -0.4 is 4.74 Å². The first-order chi connectivity index (χ1) is 14.8. The second-order valence-corrected chi connectivity index (χ2v) is 8.27. The predicted molar refractivity (Wildman–Crippen MR) is 121 cm³/mol. The standard InChI is InChI=1S/C25H25N3O3/c1-25(2,3)31-22(29)16-28-21-14-19(17-9-6-5-7-10-17)15-26-23(21)27-24(28)18-11-8-12-20(13-18)30-4/h5-15H,16H2,1-4H3. The van der Waals surface area contributed by atoms with Gasteiger partial charge in [0, 0.05) is 17.3 Å². The number of benzene rings is 2. The van der Waals surface area contributed by atoms with Gasteiger partial charge < -0.3 is 14.0 Å². The molecule has 2 aromatic carbocycles. The van der Waals surface area contributed by atoms with Gasteiger partial charge in [0.05, 0.1) is 12.6 Å². The lowest BCUT2D eigenvalue weighted by molar-refractivity contribution is -0.155. The van der Waals surface area contributed by atoms with Crippen molar-refractivity contribution in [2.45, 2.75) is 32.9 Å². The maximum atomic E-state index is 12.7. The summed E-state index contributed by atoms with van der Waals surface area (Å²) in [5.74, 6) is 1.02. The summed E-state index contributed by atoms with van der Waals surface area (Å²) < 4.78 is 12.8. The fourth-order valence-electron chi connectivity index (χ4n) is 3.44. The van der Waals surface area contributed by atoms with Gasteiger partial charge in [-0.1, -0.05) is 42.5 Å². The van der Waals surface area contributed by atoms with E-state index in [4.69, 9.17) is 14.5 Å². The maximum Gasteiger partial charge on any atom is 0.326 e. The van der Waals surface area contributed by atoms with Crippen LogP contribution >= 0.6 is 0 Å². The number of hydrogen-bond donors (Lipinski definition) is 0. The zero-order valence-corrected chi connectivity index (χ0v) is 18.1. The molecule has 0 aliphatic carbocycles. The minimum absolute atomic E-state index is 0.0280. The lowest BCUT2D eigenvalue weighted by Gasteiger charge is -2.20. The smallest absolute Gasteiger partial charge is 0.326 e. The van der Waals surface area contributed by atoms with Crippen molar-refractivity contribution in [2.24, 2.45) is 0 Å². The Morgan fingerprint density at radius 2 is 1.71 bits per heavy atom. The first kappa shape index (κ1) is 20.6. The van der Waals surface area contributed by atoms with Gasteiger partial charge in [0.25, 0.3) is 0 Å². The van der Waals surface area contributed by atoms with Crippen molar-refractivity contribution in [3.63, 3.8) is 0 Å². The number of imidazole rings is 1. The number of ether oxygens (including phenoxy) is 2. The van der Waals surface area contributed by atoms with Crippen LogP contribution in [-0.4, -0.2) is 33.2 Å². The molecule has 0 amide bonds. The highest BCUT2D eigenvalue weighted by atomic mass is 16.6. The second kappa shape index (κ2) is 8.22. The molecule has 0 fully saturated rings. The third-order valence-electron chi connectivity index (χ3n) is 4.75. The van der Waals surface area contributed by atoms with Crippen molar-refractivity contribution in [2.75, 3.05) is 7.11 Å². The summed E-state index contributed by atoms with van der Waals surface area (Å²) in [6.07, 6.45) is 1.80. The minimum atomic E-state index is -0.572. The van der Waals surface area contributed by atoms with Crippen LogP contribution in [0.4, 0.5) is 0 Å². The van der Waals surface area contributed by atoms with Gasteiger partial charge >= 0.3 is 5.97 Å². The first-order valence-corrected chi connectivity index (χ1v) is 10.1. The van der Waals surface area contributed by atoms with Gasteiger partial charge in [0.15, 0.2) is 5.65 Å². The molecule has 158 valence electrons. The van der Waals surface area contributed by atoms with Crippen LogP contribution in [0.15, 0.2) is 66.9 Å². The predicted octanol–water partition coefficient (Wildman–Crippen LogP) is 5.12. The van der Waals surface area contributed by atoms with E-state index in [0.717, 1.165) is 22.2 Å². The Morgan fingerprint density at radius 3 is 2.42 bits per heavy atom. The molecule has 4 rings (SSSR count). The Bertz CT molecular complexity index is 1220. The van der Waals surface area contributed by atoms with E-state index in [0.29, 0.717) is 17.2 Å². The van der Waals surface area contributed by atoms with Gasteiger partial charge in [-0.25, -0.2) is 9.97 Å². The molecule has 4 aromatic rings. The fourth-order valence-corrected chi connectivity index (χ4v) is 3.44. The second-order valence-electron chi connectivity index (χ2n) is 8.27. The third kappa shape index (κ3) is 4.58. The Labute approximate surface area is 181 Å². The van der Waals surface area contributed by atoms with Gasteiger partial charge in [0.2, 0.25) is 0 Å². The van der Waals surface area contributed by atoms with Crippen molar-refractivity contribution < 1.29 is 14.3 Å². The van der Waals surface area contributed by atoms with Crippen molar-refractivity contribution in [1.29, 1.82) is 0 Å². The topological polar surface area (TPSA) is 66.2 Å². The van der Waals surface area contributed by atoms with E-state index < -0.39 is 5.60 Å². The van der Waals surface area contributed by atoms with E-state index in [-0.39, 0.29) is 12.5 Å². The van der Waals surface area contributed by atoms with E-state index in [1.54, 1.807) is 13.3 Å². The van der Waals surface area contributed by atoms with E-state index >= 15 is 0 Å². The zero-order valence-electron chi connectivity index (χ0n) is 18.1. The average molecular weight is 415 g/mol. The molecule has 6 heteroatoms. The highest BCUT2D eigenvalue weighted by molar-refractivity contribution is 5.84. The van der Waals surface area contributed by atoms with Crippen LogP contribution in [-0.2, 0) is 16.1 Å². The molecule has 31 heavy (non-hydrogen) atoms. The molecule has 0 N–H and O–H groups in total. The summed E-state index contributed by atoms with van der Waals surface area (Å²) >= 11 is 0. The quantitative estimate of drug-likeness (QED) is 0.424. The third-order valence-corrected chi connectivity index (χ3v) is 4.75. The van der Waals surface area contributed by atoms with Crippen LogP contribution in [0.5, 0.6) is 5.75 Å². The number of carbonyl (C=O) groups is 1. The van der Waals surface area contributed by atoms with Gasteiger partial charge in [-0.3, -0.25) is 4.79 Å². The molecule has 2 heterocycles. The number of carbonyl (C=O) groups excluding carboxylic acids is 1. The summed E-state index contributed by atoms with van der Waals surface area (Å²) in [6.45, 7) is 5.60. The number of esters is 1. The molecule has 0 bridgehead atoms. The lowest BCUT2D eigenvalue weighted by atomic mass is 10.1. The molecular formula is C25H25N3O3. The number of fused-ring (bicyclic) bond motifs is 1. The normalized spacial score (nSPS) is 11.5. The van der Waals surface area contributed by atoms with Crippen LogP contribution in [0, 0.1) is 0 Å². The molecule has 0 aliphatic heterocycles. The van der Waals surface area contributed by atoms with Crippen molar-refractivity contribution in [1.82, 2.24) is 14.5 Å². The highest BCUT2D eigenvalue weighted by Gasteiger charge is 2.21. The molecular weight excluding hydrogens is 390 g/mol. The lowest BCUT2D eigenvalue weighted by Crippen LogP contribution is -2.26. The summed E-state index contributed by atoms with van der Waals surface area (Å²) in [7, 11) is 1.62. The van der Waals surface area contributed by atoms with Gasteiger partial charge in [-0.05, 0) is 44.5 Å². The van der Waals surface area contributed by atoms with E-state index in [9.17, 15) is 4.79 Å². The van der Waals surface area contributed by atoms with E-state index in [1.807, 2.05) is 86.0 Å². The number of methoxy groups -OCH3 is 1. The molecule has 0 atom stereocenters. The molecule has 0 saturated carbocycles. The van der Waals surface area contributed by atoms with Gasteiger partial charge in [0.1, 0.15) is 23.7 Å². The summed E-state index contributed by atoms with van der Waals surface area (Å²) in [6, 6.07) is 19.6. The molecule has 0 saturated heterocycles. The van der Waals surface area contributed by atoms with E-state index in [1.165, 1.54) is 0 Å². The minimum Gasteiger partial charge on any atom is -0.497 e. The number of nitrogens with zero attached hydrogens (tertiary/aromatic N) is 3. The number of pyridine rings is 1. The van der Waals surface area contributed by atoms with Gasteiger partial charge in [-0.2, -0.15) is 0 Å². The van der Waals surface area contributed by atoms with Crippen LogP contribution in [0.25, 0.3) is 33.7 Å². The van der Waals surface area contributed by atoms with Gasteiger partial charge in [-0.15, -0.1) is 0 Å². The largest absolute Gasteiger partial charge is 0.497 e. The van der Waals surface area contributed by atoms with Crippen molar-refractivity contribution in [3.8, 4) is 28.3 Å². The van der Waals surface area contributed by atoms with Crippen LogP contribution in [0.2, 0.25) is 0 Å². The molecule has 0 unspecified atom stereocenters. The van der Waals surface area contributed by atoms with Crippen LogP contribution in [0.1, 0.15) is 20.8 Å². The molecule has 2 aromatic heterocycles. The van der Waals surface area contributed by atoms with Crippen LogP contribution in [0.3, 0.4) is 0 Å². The molecule has 0 aliphatic rings. The molecule has 0 radical (unpaired) electrons. The van der Waals surface area contributed by atoms with E-state index in [2.05, 4.69) is 4.98 Å². The SMILES string of the molecule is COc1cccc(-c2nc3ncc(-c4ccccc4)cc3n2CC(=O)OC(C)(C)C)c1. The Morgan fingerprint density at radius 1 is 0.968 bits per heavy atom. The number of hydrogen-bond acceptors (Lipinski definition) is 5. The first-order valence-electron chi connectivity index (χ1n) is 10.1. The summed E-state index contributed by atoms with van der Waals surface area (Å²) in [5, 5.41) is 0. The highest BCUT2D eigenvalue weighted by Crippen LogP contribution is 2.29. The van der Waals surface area contributed by atoms with Crippen molar-refractivity contribution >= 4 is 17.1 Å². The summed E-state index contributed by atoms with van der Waals surface area (Å²) in [4.78, 5) is 22.0. The monoisotopic (exact) mass is 415 g/mol. The number of rotatable bonds is 5. The molecule has 0 spiro atoms. The Hall–Kier alpha value is -3.67.